The van der Waals surface area contributed by atoms with Gasteiger partial charge in [-0.25, -0.2) is 8.78 Å². The average molecular weight is 453 g/mol. The number of amides is 2. The maximum atomic E-state index is 13.6. The first kappa shape index (κ1) is 21.4. The van der Waals surface area contributed by atoms with Gasteiger partial charge in [0.05, 0.1) is 13.0 Å². The topological polar surface area (TPSA) is 65.6 Å². The first-order valence-corrected chi connectivity index (χ1v) is 11.1. The maximum absolute atomic E-state index is 13.6. The number of anilines is 1. The number of ether oxygens (including phenoxy) is 1. The molecule has 3 heterocycles. The number of halogens is 2. The smallest absolute Gasteiger partial charge is 0.228 e. The molecule has 0 radical (unpaired) electrons. The normalized spacial score (nSPS) is 19.5. The van der Waals surface area contributed by atoms with Crippen molar-refractivity contribution in [1.82, 2.24) is 9.88 Å². The molecule has 2 saturated heterocycles. The van der Waals surface area contributed by atoms with Crippen molar-refractivity contribution < 1.29 is 23.1 Å². The number of benzene rings is 2. The highest BCUT2D eigenvalue weighted by molar-refractivity contribution is 6.00. The van der Waals surface area contributed by atoms with Crippen LogP contribution in [0.4, 0.5) is 14.5 Å². The zero-order valence-electron chi connectivity index (χ0n) is 18.3. The van der Waals surface area contributed by atoms with E-state index in [2.05, 4.69) is 4.98 Å². The quantitative estimate of drug-likeness (QED) is 0.644. The molecule has 0 bridgehead atoms. The first-order valence-electron chi connectivity index (χ1n) is 11.1. The van der Waals surface area contributed by atoms with E-state index in [0.29, 0.717) is 19.0 Å². The van der Waals surface area contributed by atoms with Gasteiger partial charge in [0.25, 0.3) is 0 Å². The SMILES string of the molecule is COc1ccc2[nH]cc(C3CCN(C(=O)C4CC(=O)N(c5cc(F)cc(F)c5)C4)CC3)c2c1. The van der Waals surface area contributed by atoms with Gasteiger partial charge in [0.15, 0.2) is 0 Å². The Morgan fingerprint density at radius 1 is 1.09 bits per heavy atom. The fourth-order valence-corrected chi connectivity index (χ4v) is 5.07. The van der Waals surface area contributed by atoms with E-state index in [-0.39, 0.29) is 30.5 Å². The highest BCUT2D eigenvalue weighted by Crippen LogP contribution is 2.36. The Morgan fingerprint density at radius 3 is 2.52 bits per heavy atom. The molecule has 1 aromatic heterocycles. The van der Waals surface area contributed by atoms with Gasteiger partial charge < -0.3 is 19.5 Å². The Hall–Kier alpha value is -3.42. The molecule has 2 amide bonds. The van der Waals surface area contributed by atoms with E-state index in [9.17, 15) is 18.4 Å². The molecule has 2 aromatic carbocycles. The van der Waals surface area contributed by atoms with E-state index in [1.165, 1.54) is 10.5 Å². The van der Waals surface area contributed by atoms with E-state index >= 15 is 0 Å². The number of nitrogens with zero attached hydrogens (tertiary/aromatic N) is 2. The molecule has 33 heavy (non-hydrogen) atoms. The number of rotatable bonds is 4. The van der Waals surface area contributed by atoms with Crippen LogP contribution in [0.25, 0.3) is 10.9 Å². The third-order valence-electron chi connectivity index (χ3n) is 6.80. The summed E-state index contributed by atoms with van der Waals surface area (Å²) in [6.07, 6.45) is 3.75. The zero-order valence-corrected chi connectivity index (χ0v) is 18.3. The molecule has 0 spiro atoms. The maximum Gasteiger partial charge on any atom is 0.228 e. The molecule has 0 saturated carbocycles. The van der Waals surface area contributed by atoms with E-state index in [1.807, 2.05) is 29.3 Å². The van der Waals surface area contributed by atoms with Gasteiger partial charge in [0, 0.05) is 54.9 Å². The molecule has 3 aromatic rings. The summed E-state index contributed by atoms with van der Waals surface area (Å²) in [6, 6.07) is 8.97. The molecule has 0 aliphatic carbocycles. The van der Waals surface area contributed by atoms with Gasteiger partial charge in [-0.2, -0.15) is 0 Å². The lowest BCUT2D eigenvalue weighted by Gasteiger charge is -2.33. The molecule has 1 unspecified atom stereocenters. The summed E-state index contributed by atoms with van der Waals surface area (Å²) in [5, 5.41) is 1.14. The van der Waals surface area contributed by atoms with E-state index in [4.69, 9.17) is 4.74 Å². The van der Waals surface area contributed by atoms with Crippen LogP contribution in [0.3, 0.4) is 0 Å². The molecule has 5 rings (SSSR count). The number of carbonyl (C=O) groups excluding carboxylic acids is 2. The molecular formula is C25H25F2N3O3. The average Bonchev–Trinajstić information content (AvgIpc) is 3.41. The van der Waals surface area contributed by atoms with Crippen molar-refractivity contribution in [1.29, 1.82) is 0 Å². The van der Waals surface area contributed by atoms with Crippen LogP contribution in [0.5, 0.6) is 5.75 Å². The number of aromatic amines is 1. The molecule has 1 N–H and O–H groups in total. The third-order valence-corrected chi connectivity index (χ3v) is 6.80. The Kier molecular flexibility index (Phi) is 5.52. The predicted molar refractivity (Wildman–Crippen MR) is 120 cm³/mol. The summed E-state index contributed by atoms with van der Waals surface area (Å²) in [5.74, 6) is -1.22. The monoisotopic (exact) mass is 453 g/mol. The molecule has 6 nitrogen and oxygen atoms in total. The summed E-state index contributed by atoms with van der Waals surface area (Å²) in [6.45, 7) is 1.36. The van der Waals surface area contributed by atoms with Crippen LogP contribution in [-0.4, -0.2) is 48.4 Å². The van der Waals surface area contributed by atoms with Crippen molar-refractivity contribution in [3.05, 3.63) is 59.8 Å². The second kappa shape index (κ2) is 8.50. The minimum absolute atomic E-state index is 0.0547. The van der Waals surface area contributed by atoms with Gasteiger partial charge in [0.1, 0.15) is 17.4 Å². The fraction of sp³-hybridized carbons (Fsp3) is 0.360. The highest BCUT2D eigenvalue weighted by Gasteiger charge is 2.38. The van der Waals surface area contributed by atoms with Gasteiger partial charge in [-0.05, 0) is 54.7 Å². The summed E-state index contributed by atoms with van der Waals surface area (Å²) in [4.78, 5) is 32.0. The van der Waals surface area contributed by atoms with Crippen molar-refractivity contribution in [2.24, 2.45) is 5.92 Å². The standard InChI is InChI=1S/C25H25F2N3O3/c1-33-20-2-3-23-21(12-20)22(13-28-23)15-4-6-29(7-5-15)25(32)16-8-24(31)30(14-16)19-10-17(26)9-18(27)11-19/h2-3,9-13,15-16,28H,4-8,14H2,1H3. The number of fused-ring (bicyclic) bond motifs is 1. The van der Waals surface area contributed by atoms with Crippen LogP contribution in [-0.2, 0) is 9.59 Å². The van der Waals surface area contributed by atoms with Crippen molar-refractivity contribution in [2.75, 3.05) is 31.6 Å². The summed E-state index contributed by atoms with van der Waals surface area (Å²) in [5.41, 5.74) is 2.44. The molecule has 2 aliphatic rings. The summed E-state index contributed by atoms with van der Waals surface area (Å²) < 4.78 is 32.5. The molecule has 1 atom stereocenters. The lowest BCUT2D eigenvalue weighted by atomic mass is 9.88. The van der Waals surface area contributed by atoms with E-state index < -0.39 is 17.6 Å². The minimum atomic E-state index is -0.746. The van der Waals surface area contributed by atoms with Gasteiger partial charge in [-0.3, -0.25) is 9.59 Å². The Morgan fingerprint density at radius 2 is 1.82 bits per heavy atom. The molecule has 2 fully saturated rings. The van der Waals surface area contributed by atoms with Gasteiger partial charge in [-0.1, -0.05) is 0 Å². The van der Waals surface area contributed by atoms with E-state index in [1.54, 1.807) is 7.11 Å². The van der Waals surface area contributed by atoms with Gasteiger partial charge in [0.2, 0.25) is 11.8 Å². The number of piperidine rings is 1. The van der Waals surface area contributed by atoms with Crippen LogP contribution in [0.15, 0.2) is 42.6 Å². The predicted octanol–water partition coefficient (Wildman–Crippen LogP) is 4.21. The number of nitrogens with one attached hydrogen (secondary N) is 1. The zero-order chi connectivity index (χ0) is 23.1. The van der Waals surface area contributed by atoms with Crippen molar-refractivity contribution >= 4 is 28.4 Å². The lowest BCUT2D eigenvalue weighted by molar-refractivity contribution is -0.136. The fourth-order valence-electron chi connectivity index (χ4n) is 5.07. The Bertz CT molecular complexity index is 1200. The molecule has 8 heteroatoms. The number of H-pyrrole nitrogens is 1. The second-order valence-corrected chi connectivity index (χ2v) is 8.79. The van der Waals surface area contributed by atoms with Crippen LogP contribution in [0, 0.1) is 17.6 Å². The number of likely N-dealkylation sites (tertiary alicyclic amines) is 1. The molecule has 2 aliphatic heterocycles. The van der Waals surface area contributed by atoms with Gasteiger partial charge >= 0.3 is 0 Å². The number of carbonyl (C=O) groups is 2. The molecular weight excluding hydrogens is 428 g/mol. The Balaban J connectivity index is 1.24. The van der Waals surface area contributed by atoms with Crippen LogP contribution in [0.2, 0.25) is 0 Å². The second-order valence-electron chi connectivity index (χ2n) is 8.79. The van der Waals surface area contributed by atoms with Crippen LogP contribution >= 0.6 is 0 Å². The number of aromatic nitrogens is 1. The largest absolute Gasteiger partial charge is 0.497 e. The lowest BCUT2D eigenvalue weighted by Crippen LogP contribution is -2.42. The minimum Gasteiger partial charge on any atom is -0.497 e. The van der Waals surface area contributed by atoms with Crippen molar-refractivity contribution in [3.8, 4) is 5.75 Å². The number of hydrogen-bond acceptors (Lipinski definition) is 3. The number of methoxy groups -OCH3 is 1. The third kappa shape index (κ3) is 4.05. The van der Waals surface area contributed by atoms with E-state index in [0.717, 1.165) is 47.7 Å². The van der Waals surface area contributed by atoms with Crippen molar-refractivity contribution in [2.45, 2.75) is 25.2 Å². The van der Waals surface area contributed by atoms with Crippen LogP contribution in [0.1, 0.15) is 30.7 Å². The summed E-state index contributed by atoms with van der Waals surface area (Å²) in [7, 11) is 1.65. The first-order chi connectivity index (χ1) is 15.9. The number of hydrogen-bond donors (Lipinski definition) is 1. The highest BCUT2D eigenvalue weighted by atomic mass is 19.1. The molecule has 172 valence electrons. The Labute approximate surface area is 190 Å². The summed E-state index contributed by atoms with van der Waals surface area (Å²) >= 11 is 0. The van der Waals surface area contributed by atoms with Crippen LogP contribution < -0.4 is 9.64 Å². The van der Waals surface area contributed by atoms with Gasteiger partial charge in [-0.15, -0.1) is 0 Å². The van der Waals surface area contributed by atoms with Crippen molar-refractivity contribution in [3.63, 3.8) is 0 Å².